The van der Waals surface area contributed by atoms with Crippen LogP contribution in [0, 0.1) is 11.7 Å². The normalized spacial score (nSPS) is 22.2. The number of aromatic amines is 1. The Morgan fingerprint density at radius 3 is 2.75 bits per heavy atom. The number of anilines is 1. The molecular weight excluding hydrogens is 576 g/mol. The average Bonchev–Trinajstić information content (AvgIpc) is 3.45. The van der Waals surface area contributed by atoms with E-state index in [0.717, 1.165) is 53.4 Å². The second-order valence-electron chi connectivity index (χ2n) is 10.7. The van der Waals surface area contributed by atoms with Crippen molar-refractivity contribution in [3.63, 3.8) is 0 Å². The Kier molecular flexibility index (Phi) is 5.84. The smallest absolute Gasteiger partial charge is 0.204 e. The molecule has 2 saturated carbocycles. The van der Waals surface area contributed by atoms with Crippen LogP contribution in [0.2, 0.25) is 10.0 Å². The standard InChI is InChI=1S/C27H22Cl2FN7O2S/c28-17-2-1-3-18(29)22(17)23-16(25(39-34-23)12-4-5-12)11-38-20-9-15-6-14(20)10-37(15)27-31-24-19(30)7-13(8-21(24)40-27)26-32-35-36-33-26/h1-3,7-8,12,14-15,20H,4-6,9-11H2,(H,32,33,35,36)/t14-,15-,20+/m0/s1. The summed E-state index contributed by atoms with van der Waals surface area (Å²) in [6.45, 7) is 1.21. The van der Waals surface area contributed by atoms with Crippen LogP contribution in [0.4, 0.5) is 9.52 Å². The summed E-state index contributed by atoms with van der Waals surface area (Å²) in [6, 6.07) is 9.00. The molecule has 40 heavy (non-hydrogen) atoms. The van der Waals surface area contributed by atoms with Gasteiger partial charge in [-0.25, -0.2) is 9.37 Å². The number of aromatic nitrogens is 6. The van der Waals surface area contributed by atoms with Crippen LogP contribution in [0.25, 0.3) is 32.9 Å². The lowest BCUT2D eigenvalue weighted by Crippen LogP contribution is -2.38. The van der Waals surface area contributed by atoms with E-state index in [4.69, 9.17) is 32.5 Å². The largest absolute Gasteiger partial charge is 0.373 e. The molecule has 3 aliphatic rings. The van der Waals surface area contributed by atoms with Crippen molar-refractivity contribution in [2.24, 2.45) is 5.92 Å². The molecule has 9 nitrogen and oxygen atoms in total. The summed E-state index contributed by atoms with van der Waals surface area (Å²) in [6.07, 6.45) is 4.16. The van der Waals surface area contributed by atoms with Gasteiger partial charge in [0, 0.05) is 41.1 Å². The van der Waals surface area contributed by atoms with E-state index in [9.17, 15) is 4.39 Å². The SMILES string of the molecule is Fc1cc(-c2nn[nH]n2)cc2sc(N3C[C@@H]4C[C@H]3C[C@H]4OCc3c(-c4c(Cl)cccc4Cl)noc3C3CC3)nc12. The van der Waals surface area contributed by atoms with Gasteiger partial charge in [-0.05, 0) is 55.2 Å². The van der Waals surface area contributed by atoms with Crippen LogP contribution in [-0.2, 0) is 11.3 Å². The summed E-state index contributed by atoms with van der Waals surface area (Å²) in [7, 11) is 0. The molecule has 1 aliphatic heterocycles. The second kappa shape index (κ2) is 9.47. The number of H-pyrrole nitrogens is 1. The summed E-state index contributed by atoms with van der Waals surface area (Å²) in [5.41, 5.74) is 3.23. The van der Waals surface area contributed by atoms with Crippen molar-refractivity contribution in [3.8, 4) is 22.6 Å². The van der Waals surface area contributed by atoms with Gasteiger partial charge in [0.25, 0.3) is 0 Å². The van der Waals surface area contributed by atoms with Crippen molar-refractivity contribution in [2.75, 3.05) is 11.4 Å². The summed E-state index contributed by atoms with van der Waals surface area (Å²) < 4.78 is 28.0. The number of nitrogens with one attached hydrogen (secondary N) is 1. The Bertz CT molecular complexity index is 1720. The first kappa shape index (κ1) is 24.7. The van der Waals surface area contributed by atoms with Crippen LogP contribution in [0.1, 0.15) is 42.9 Å². The fourth-order valence-electron chi connectivity index (χ4n) is 6.10. The fraction of sp³-hybridized carbons (Fsp3) is 0.370. The van der Waals surface area contributed by atoms with E-state index in [0.29, 0.717) is 56.6 Å². The van der Waals surface area contributed by atoms with E-state index >= 15 is 0 Å². The fourth-order valence-corrected chi connectivity index (χ4v) is 7.77. The molecule has 5 aromatic rings. The predicted octanol–water partition coefficient (Wildman–Crippen LogP) is 6.64. The van der Waals surface area contributed by atoms with E-state index < -0.39 is 0 Å². The van der Waals surface area contributed by atoms with Crippen molar-refractivity contribution >= 4 is 49.9 Å². The number of halogens is 3. The Balaban J connectivity index is 1.01. The molecule has 3 atom stereocenters. The number of tetrazole rings is 1. The van der Waals surface area contributed by atoms with Gasteiger partial charge in [-0.15, -0.1) is 10.2 Å². The predicted molar refractivity (Wildman–Crippen MR) is 149 cm³/mol. The molecule has 1 N–H and O–H groups in total. The van der Waals surface area contributed by atoms with Gasteiger partial charge >= 0.3 is 0 Å². The van der Waals surface area contributed by atoms with Gasteiger partial charge in [0.1, 0.15) is 17.0 Å². The van der Waals surface area contributed by atoms with Gasteiger partial charge in [-0.2, -0.15) is 5.21 Å². The van der Waals surface area contributed by atoms with E-state index in [1.807, 2.05) is 24.3 Å². The minimum Gasteiger partial charge on any atom is -0.373 e. The third kappa shape index (κ3) is 4.09. The molecule has 2 aromatic carbocycles. The van der Waals surface area contributed by atoms with Gasteiger partial charge in [-0.1, -0.05) is 45.8 Å². The highest BCUT2D eigenvalue weighted by atomic mass is 35.5. The van der Waals surface area contributed by atoms with Gasteiger partial charge < -0.3 is 14.2 Å². The molecule has 204 valence electrons. The number of hydrogen-bond donors (Lipinski definition) is 1. The number of piperidine rings is 1. The Morgan fingerprint density at radius 1 is 1.18 bits per heavy atom. The first-order chi connectivity index (χ1) is 19.5. The third-order valence-corrected chi connectivity index (χ3v) is 9.84. The summed E-state index contributed by atoms with van der Waals surface area (Å²) in [5.74, 6) is 1.58. The lowest BCUT2D eigenvalue weighted by atomic mass is 10.0. The summed E-state index contributed by atoms with van der Waals surface area (Å²) in [4.78, 5) is 6.96. The first-order valence-corrected chi connectivity index (χ1v) is 14.8. The van der Waals surface area contributed by atoms with Gasteiger partial charge in [0.15, 0.2) is 10.9 Å². The monoisotopic (exact) mass is 597 g/mol. The number of hydrogen-bond acceptors (Lipinski definition) is 9. The molecule has 1 saturated heterocycles. The van der Waals surface area contributed by atoms with E-state index in [-0.39, 0.29) is 18.0 Å². The highest BCUT2D eigenvalue weighted by Crippen LogP contribution is 2.48. The van der Waals surface area contributed by atoms with Crippen molar-refractivity contribution in [1.29, 1.82) is 0 Å². The van der Waals surface area contributed by atoms with Crippen LogP contribution >= 0.6 is 34.5 Å². The molecule has 0 spiro atoms. The van der Waals surface area contributed by atoms with Crippen LogP contribution in [0.5, 0.6) is 0 Å². The molecule has 4 heterocycles. The number of thiazole rings is 1. The zero-order valence-corrected chi connectivity index (χ0v) is 23.3. The third-order valence-electron chi connectivity index (χ3n) is 8.17. The molecule has 3 fully saturated rings. The van der Waals surface area contributed by atoms with Gasteiger partial charge in [-0.3, -0.25) is 0 Å². The maximum Gasteiger partial charge on any atom is 0.204 e. The van der Waals surface area contributed by atoms with Crippen LogP contribution < -0.4 is 4.90 Å². The Hall–Kier alpha value is -3.12. The lowest BCUT2D eigenvalue weighted by Gasteiger charge is -2.31. The maximum atomic E-state index is 14.9. The van der Waals surface area contributed by atoms with E-state index in [1.165, 1.54) is 17.4 Å². The molecule has 0 radical (unpaired) electrons. The number of benzene rings is 2. The quantitative estimate of drug-likeness (QED) is 0.222. The first-order valence-electron chi connectivity index (χ1n) is 13.2. The zero-order chi connectivity index (χ0) is 27.0. The van der Waals surface area contributed by atoms with Crippen LogP contribution in [0.15, 0.2) is 34.9 Å². The minimum atomic E-state index is -0.389. The second-order valence-corrected chi connectivity index (χ2v) is 12.5. The molecule has 2 aliphatic carbocycles. The number of ether oxygens (including phenoxy) is 1. The number of rotatable bonds is 7. The number of nitrogens with zero attached hydrogens (tertiary/aromatic N) is 6. The van der Waals surface area contributed by atoms with E-state index in [2.05, 4.69) is 35.7 Å². The zero-order valence-electron chi connectivity index (χ0n) is 21.0. The van der Waals surface area contributed by atoms with Gasteiger partial charge in [0.05, 0.1) is 27.5 Å². The molecule has 3 aromatic heterocycles. The van der Waals surface area contributed by atoms with Crippen molar-refractivity contribution in [3.05, 3.63) is 57.5 Å². The number of fused-ring (bicyclic) bond motifs is 3. The van der Waals surface area contributed by atoms with Crippen molar-refractivity contribution in [1.82, 2.24) is 30.8 Å². The van der Waals surface area contributed by atoms with Gasteiger partial charge in [0.2, 0.25) is 5.82 Å². The molecule has 8 rings (SSSR count). The highest BCUT2D eigenvalue weighted by molar-refractivity contribution is 7.22. The van der Waals surface area contributed by atoms with Crippen molar-refractivity contribution < 1.29 is 13.7 Å². The Morgan fingerprint density at radius 2 is 2.02 bits per heavy atom. The maximum absolute atomic E-state index is 14.9. The highest BCUT2D eigenvalue weighted by Gasteiger charge is 2.46. The molecule has 0 amide bonds. The topological polar surface area (TPSA) is 106 Å². The lowest BCUT2D eigenvalue weighted by molar-refractivity contribution is 0.0122. The van der Waals surface area contributed by atoms with Crippen molar-refractivity contribution in [2.45, 2.75) is 50.4 Å². The van der Waals surface area contributed by atoms with Crippen LogP contribution in [-0.4, -0.2) is 49.5 Å². The summed E-state index contributed by atoms with van der Waals surface area (Å²) in [5, 5.41) is 20.2. The minimum absolute atomic E-state index is 0.105. The molecule has 0 unspecified atom stereocenters. The van der Waals surface area contributed by atoms with Crippen LogP contribution in [0.3, 0.4) is 0 Å². The summed E-state index contributed by atoms with van der Waals surface area (Å²) >= 11 is 14.5. The average molecular weight is 598 g/mol. The molecule has 13 heteroatoms. The van der Waals surface area contributed by atoms with E-state index in [1.54, 1.807) is 0 Å². The Labute approximate surface area is 241 Å². The molecule has 2 bridgehead atoms. The molecular formula is C27H22Cl2FN7O2S.